The number of halogens is 4. The number of benzene rings is 1. The second kappa shape index (κ2) is 9.74. The molecule has 1 heterocycles. The lowest BCUT2D eigenvalue weighted by molar-refractivity contribution is -0.120. The first-order chi connectivity index (χ1) is 8.49. The number of nitrogens with one attached hydrogen (secondary N) is 2. The minimum atomic E-state index is -1.11. The van der Waals surface area contributed by atoms with Gasteiger partial charge in [0.25, 0.3) is 0 Å². The van der Waals surface area contributed by atoms with Crippen LogP contribution in [0.1, 0.15) is 13.3 Å². The lowest BCUT2D eigenvalue weighted by Gasteiger charge is -2.15. The smallest absolute Gasteiger partial charge is 0.229 e. The van der Waals surface area contributed by atoms with Gasteiger partial charge in [-0.15, -0.1) is 12.4 Å². The molecular weight excluding hydrogens is 361 g/mol. The Balaban J connectivity index is 0. The highest BCUT2D eigenvalue weighted by atomic mass is 35.5. The summed E-state index contributed by atoms with van der Waals surface area (Å²) in [6.45, 7) is 2.69. The third kappa shape index (κ3) is 5.49. The van der Waals surface area contributed by atoms with Crippen LogP contribution in [-0.2, 0) is 4.79 Å². The van der Waals surface area contributed by atoms with Crippen molar-refractivity contribution in [1.82, 2.24) is 5.32 Å². The Kier molecular flexibility index (Phi) is 10.7. The van der Waals surface area contributed by atoms with Gasteiger partial charge in [0.2, 0.25) is 5.91 Å². The van der Waals surface area contributed by atoms with Gasteiger partial charge in [0.15, 0.2) is 11.6 Å². The van der Waals surface area contributed by atoms with Gasteiger partial charge in [0.05, 0.1) is 10.9 Å². The van der Waals surface area contributed by atoms with E-state index in [1.807, 2.05) is 6.92 Å². The number of carbonyl (C=O) groups excluding carboxylic acids is 1. The van der Waals surface area contributed by atoms with Crippen molar-refractivity contribution in [3.8, 4) is 0 Å². The topological polar surface area (TPSA) is 41.1 Å². The molecule has 0 bridgehead atoms. The first-order valence-electron chi connectivity index (χ1n) is 5.68. The van der Waals surface area contributed by atoms with Crippen LogP contribution in [0.5, 0.6) is 0 Å². The number of hydrogen-bond donors (Lipinski definition) is 2. The average Bonchev–Trinajstić information content (AvgIpc) is 2.72. The van der Waals surface area contributed by atoms with Gasteiger partial charge in [0, 0.05) is 17.8 Å². The molecule has 1 aromatic rings. The average molecular weight is 379 g/mol. The summed E-state index contributed by atoms with van der Waals surface area (Å²) in [5.74, 6) is -2.56. The third-order valence-electron chi connectivity index (χ3n) is 3.11. The zero-order valence-corrected chi connectivity index (χ0v) is 14.7. The first-order valence-corrected chi connectivity index (χ1v) is 6.05. The number of amides is 1. The fraction of sp³-hybridized carbons (Fsp3) is 0.417. The molecule has 0 radical (unpaired) electrons. The second-order valence-corrected chi connectivity index (χ2v) is 4.79. The molecule has 2 rings (SSSR count). The van der Waals surface area contributed by atoms with Crippen LogP contribution in [0.3, 0.4) is 0 Å². The SMILES string of the molecule is C[C@@H]1NCC[C@@H]1C(=O)Nc1cc(F)c(F)c(Cl)c1.Cl.S.S. The molecule has 0 spiro atoms. The lowest BCUT2D eigenvalue weighted by atomic mass is 10.0. The summed E-state index contributed by atoms with van der Waals surface area (Å²) in [5, 5.41) is 5.36. The van der Waals surface area contributed by atoms with E-state index in [0.29, 0.717) is 0 Å². The summed E-state index contributed by atoms with van der Waals surface area (Å²) in [6, 6.07) is 2.20. The molecule has 122 valence electrons. The molecule has 2 N–H and O–H groups in total. The van der Waals surface area contributed by atoms with Gasteiger partial charge in [-0.1, -0.05) is 11.6 Å². The van der Waals surface area contributed by atoms with Crippen LogP contribution < -0.4 is 10.6 Å². The van der Waals surface area contributed by atoms with E-state index in [-0.39, 0.29) is 68.0 Å². The fourth-order valence-corrected chi connectivity index (χ4v) is 2.29. The molecule has 0 saturated carbocycles. The largest absolute Gasteiger partial charge is 0.326 e. The molecule has 1 aliphatic heterocycles. The Morgan fingerprint density at radius 3 is 2.48 bits per heavy atom. The molecule has 1 fully saturated rings. The molecule has 9 heteroatoms. The van der Waals surface area contributed by atoms with Crippen LogP contribution in [0.4, 0.5) is 14.5 Å². The highest BCUT2D eigenvalue weighted by Crippen LogP contribution is 2.24. The molecule has 3 nitrogen and oxygen atoms in total. The van der Waals surface area contributed by atoms with Crippen LogP contribution in [0.2, 0.25) is 5.02 Å². The Morgan fingerprint density at radius 2 is 2.00 bits per heavy atom. The van der Waals surface area contributed by atoms with Crippen LogP contribution in [0.15, 0.2) is 12.1 Å². The number of rotatable bonds is 2. The molecule has 0 aromatic heterocycles. The molecule has 1 aromatic carbocycles. The van der Waals surface area contributed by atoms with E-state index in [1.54, 1.807) is 0 Å². The minimum Gasteiger partial charge on any atom is -0.326 e. The predicted molar refractivity (Wildman–Crippen MR) is 93.6 cm³/mol. The lowest BCUT2D eigenvalue weighted by Crippen LogP contribution is -2.32. The summed E-state index contributed by atoms with van der Waals surface area (Å²) in [7, 11) is 0. The number of anilines is 1. The molecule has 1 saturated heterocycles. The molecule has 21 heavy (non-hydrogen) atoms. The fourth-order valence-electron chi connectivity index (χ4n) is 2.08. The zero-order chi connectivity index (χ0) is 13.3. The van der Waals surface area contributed by atoms with Crippen molar-refractivity contribution in [2.75, 3.05) is 11.9 Å². The van der Waals surface area contributed by atoms with E-state index in [0.717, 1.165) is 19.0 Å². The van der Waals surface area contributed by atoms with Gasteiger partial charge in [-0.05, 0) is 26.0 Å². The number of carbonyl (C=O) groups is 1. The first kappa shape index (κ1) is 23.1. The third-order valence-corrected chi connectivity index (χ3v) is 3.39. The molecular formula is C12H18Cl2F2N2OS2. The predicted octanol–water partition coefficient (Wildman–Crippen LogP) is 3.20. The van der Waals surface area contributed by atoms with E-state index in [2.05, 4.69) is 10.6 Å². The van der Waals surface area contributed by atoms with Gasteiger partial charge < -0.3 is 10.6 Å². The van der Waals surface area contributed by atoms with Crippen molar-refractivity contribution in [2.24, 2.45) is 5.92 Å². The van der Waals surface area contributed by atoms with Gasteiger partial charge in [0.1, 0.15) is 0 Å². The Labute approximate surface area is 147 Å². The van der Waals surface area contributed by atoms with Gasteiger partial charge >= 0.3 is 0 Å². The molecule has 1 amide bonds. The summed E-state index contributed by atoms with van der Waals surface area (Å²) in [5.41, 5.74) is 0.169. The summed E-state index contributed by atoms with van der Waals surface area (Å²) in [6.07, 6.45) is 0.727. The standard InChI is InChI=1S/C12H13ClF2N2O.ClH.2H2S/c1-6-8(2-3-16-6)12(18)17-7-4-9(13)11(15)10(14)5-7;;;/h4-6,8,16H,2-3H2,1H3,(H,17,18);1H;2*1H2/t6-,8-;;;/m0.../s1. The van der Waals surface area contributed by atoms with Crippen molar-refractivity contribution in [1.29, 1.82) is 0 Å². The van der Waals surface area contributed by atoms with E-state index in [4.69, 9.17) is 11.6 Å². The van der Waals surface area contributed by atoms with E-state index < -0.39 is 11.6 Å². The zero-order valence-electron chi connectivity index (χ0n) is 11.2. The maximum atomic E-state index is 13.1. The van der Waals surface area contributed by atoms with Gasteiger partial charge in [-0.3, -0.25) is 4.79 Å². The Morgan fingerprint density at radius 1 is 1.38 bits per heavy atom. The van der Waals surface area contributed by atoms with Crippen molar-refractivity contribution >= 4 is 62.6 Å². The van der Waals surface area contributed by atoms with Crippen molar-refractivity contribution in [3.63, 3.8) is 0 Å². The van der Waals surface area contributed by atoms with Crippen LogP contribution >= 0.6 is 51.0 Å². The Hall–Kier alpha value is -0.210. The Bertz CT molecular complexity index is 471. The second-order valence-electron chi connectivity index (χ2n) is 4.38. The van der Waals surface area contributed by atoms with Gasteiger partial charge in [-0.2, -0.15) is 27.0 Å². The van der Waals surface area contributed by atoms with E-state index in [1.165, 1.54) is 6.07 Å². The summed E-state index contributed by atoms with van der Waals surface area (Å²) in [4.78, 5) is 11.9. The molecule has 1 aliphatic rings. The summed E-state index contributed by atoms with van der Waals surface area (Å²) >= 11 is 5.51. The molecule has 0 aliphatic carbocycles. The highest BCUT2D eigenvalue weighted by Gasteiger charge is 2.29. The molecule has 0 unspecified atom stereocenters. The highest BCUT2D eigenvalue weighted by molar-refractivity contribution is 7.59. The number of hydrogen-bond acceptors (Lipinski definition) is 2. The normalized spacial score (nSPS) is 19.8. The van der Waals surface area contributed by atoms with Gasteiger partial charge in [-0.25, -0.2) is 8.78 Å². The van der Waals surface area contributed by atoms with Crippen molar-refractivity contribution in [2.45, 2.75) is 19.4 Å². The van der Waals surface area contributed by atoms with Crippen molar-refractivity contribution in [3.05, 3.63) is 28.8 Å². The monoisotopic (exact) mass is 378 g/mol. The van der Waals surface area contributed by atoms with Crippen LogP contribution in [0, 0.1) is 17.6 Å². The van der Waals surface area contributed by atoms with Crippen molar-refractivity contribution < 1.29 is 13.6 Å². The van der Waals surface area contributed by atoms with Crippen LogP contribution in [-0.4, -0.2) is 18.5 Å². The van der Waals surface area contributed by atoms with E-state index >= 15 is 0 Å². The summed E-state index contributed by atoms with van der Waals surface area (Å²) < 4.78 is 26.1. The maximum Gasteiger partial charge on any atom is 0.229 e. The van der Waals surface area contributed by atoms with Crippen LogP contribution in [0.25, 0.3) is 0 Å². The quantitative estimate of drug-likeness (QED) is 0.775. The van der Waals surface area contributed by atoms with E-state index in [9.17, 15) is 13.6 Å². The molecule has 2 atom stereocenters. The minimum absolute atomic E-state index is 0. The maximum absolute atomic E-state index is 13.1.